The van der Waals surface area contributed by atoms with Crippen LogP contribution in [0.2, 0.25) is 0 Å². The van der Waals surface area contributed by atoms with Crippen molar-refractivity contribution in [3.05, 3.63) is 82.6 Å². The smallest absolute Gasteiger partial charge is 0.269 e. The number of hydrogen-bond donors (Lipinski definition) is 1. The van der Waals surface area contributed by atoms with Gasteiger partial charge in [0.2, 0.25) is 5.88 Å². The number of amidine groups is 1. The number of fused-ring (bicyclic) bond motifs is 1. The molecule has 1 aliphatic heterocycles. The average Bonchev–Trinajstić information content (AvgIpc) is 3.12. The molecule has 2 aromatic carbocycles. The minimum absolute atomic E-state index is 0.0549. The van der Waals surface area contributed by atoms with E-state index in [4.69, 9.17) is 9.41 Å². The van der Waals surface area contributed by atoms with Crippen LogP contribution in [0.25, 0.3) is 0 Å². The molecule has 0 saturated carbocycles. The summed E-state index contributed by atoms with van der Waals surface area (Å²) in [5, 5.41) is 14.1. The molecule has 0 spiro atoms. The van der Waals surface area contributed by atoms with Crippen LogP contribution in [-0.4, -0.2) is 17.4 Å². The van der Waals surface area contributed by atoms with Crippen molar-refractivity contribution in [3.8, 4) is 0 Å². The molecular formula is C18H14N4O3. The molecule has 0 saturated heterocycles. The topological polar surface area (TPSA) is 83.9 Å². The van der Waals surface area contributed by atoms with Crippen LogP contribution in [0.5, 0.6) is 0 Å². The number of nitrogens with one attached hydrogen (secondary N) is 1. The van der Waals surface area contributed by atoms with Gasteiger partial charge in [0, 0.05) is 17.8 Å². The van der Waals surface area contributed by atoms with E-state index in [0.717, 1.165) is 22.8 Å². The Hall–Kier alpha value is -3.61. The Bertz CT molecular complexity index is 932. The number of nitro groups is 1. The Kier molecular flexibility index (Phi) is 3.66. The minimum Gasteiger partial charge on any atom is -0.448 e. The molecule has 0 atom stereocenters. The highest BCUT2D eigenvalue weighted by Gasteiger charge is 2.26. The lowest BCUT2D eigenvalue weighted by Gasteiger charge is -2.30. The minimum atomic E-state index is -0.411. The van der Waals surface area contributed by atoms with E-state index in [2.05, 4.69) is 5.32 Å². The highest BCUT2D eigenvalue weighted by Crippen LogP contribution is 2.30. The first kappa shape index (κ1) is 14.9. The van der Waals surface area contributed by atoms with Gasteiger partial charge in [-0.1, -0.05) is 18.2 Å². The maximum absolute atomic E-state index is 10.9. The molecule has 0 aliphatic carbocycles. The SMILES string of the molecule is O=[N+]([O-])c1ccc(N2CNc3occc3C2=Nc2ccccc2)cc1. The average molecular weight is 334 g/mol. The number of anilines is 2. The Morgan fingerprint density at radius 3 is 2.56 bits per heavy atom. The van der Waals surface area contributed by atoms with E-state index < -0.39 is 4.92 Å². The lowest BCUT2D eigenvalue weighted by Crippen LogP contribution is -2.40. The third kappa shape index (κ3) is 2.83. The number of nitrogens with zero attached hydrogens (tertiary/aromatic N) is 3. The van der Waals surface area contributed by atoms with Crippen LogP contribution in [0.1, 0.15) is 5.56 Å². The maximum Gasteiger partial charge on any atom is 0.269 e. The molecule has 1 aromatic heterocycles. The lowest BCUT2D eigenvalue weighted by atomic mass is 10.2. The van der Waals surface area contributed by atoms with Crippen LogP contribution in [0.3, 0.4) is 0 Å². The number of aliphatic imine (C=N–C) groups is 1. The number of hydrogen-bond acceptors (Lipinski definition) is 5. The predicted molar refractivity (Wildman–Crippen MR) is 95.4 cm³/mol. The van der Waals surface area contributed by atoms with Gasteiger partial charge in [-0.15, -0.1) is 0 Å². The van der Waals surface area contributed by atoms with Crippen LogP contribution in [-0.2, 0) is 0 Å². The molecule has 3 aromatic rings. The molecule has 2 heterocycles. The second-order valence-electron chi connectivity index (χ2n) is 5.47. The van der Waals surface area contributed by atoms with Crippen molar-refractivity contribution in [2.24, 2.45) is 4.99 Å². The first-order chi connectivity index (χ1) is 12.2. The first-order valence-corrected chi connectivity index (χ1v) is 7.70. The Labute approximate surface area is 143 Å². The molecular weight excluding hydrogens is 320 g/mol. The molecule has 7 heteroatoms. The van der Waals surface area contributed by atoms with Gasteiger partial charge in [0.1, 0.15) is 5.84 Å². The van der Waals surface area contributed by atoms with E-state index in [0.29, 0.717) is 12.6 Å². The Morgan fingerprint density at radius 2 is 1.84 bits per heavy atom. The van der Waals surface area contributed by atoms with Gasteiger partial charge < -0.3 is 14.6 Å². The molecule has 124 valence electrons. The summed E-state index contributed by atoms with van der Waals surface area (Å²) in [6, 6.07) is 17.9. The van der Waals surface area contributed by atoms with Crippen LogP contribution in [0, 0.1) is 10.1 Å². The zero-order valence-corrected chi connectivity index (χ0v) is 13.1. The van der Waals surface area contributed by atoms with E-state index >= 15 is 0 Å². The molecule has 0 bridgehead atoms. The second-order valence-corrected chi connectivity index (χ2v) is 5.47. The molecule has 0 unspecified atom stereocenters. The fraction of sp³-hybridized carbons (Fsp3) is 0.0556. The fourth-order valence-corrected chi connectivity index (χ4v) is 2.71. The molecule has 0 amide bonds. The third-order valence-electron chi connectivity index (χ3n) is 3.92. The molecule has 1 aliphatic rings. The number of furan rings is 1. The van der Waals surface area contributed by atoms with E-state index in [1.807, 2.05) is 41.3 Å². The molecule has 4 rings (SSSR count). The van der Waals surface area contributed by atoms with Crippen molar-refractivity contribution in [2.45, 2.75) is 0 Å². The zero-order chi connectivity index (χ0) is 17.2. The van der Waals surface area contributed by atoms with Crippen molar-refractivity contribution in [3.63, 3.8) is 0 Å². The summed E-state index contributed by atoms with van der Waals surface area (Å²) in [5.41, 5.74) is 2.52. The zero-order valence-electron chi connectivity index (χ0n) is 13.1. The quantitative estimate of drug-likeness (QED) is 0.574. The Balaban J connectivity index is 1.78. The standard InChI is InChI=1S/C18H14N4O3/c23-22(24)15-8-6-14(7-9-15)21-12-19-18-16(10-11-25-18)17(21)20-13-4-2-1-3-5-13/h1-11,19H,12H2. The van der Waals surface area contributed by atoms with Crippen molar-refractivity contribution in [1.82, 2.24) is 0 Å². The van der Waals surface area contributed by atoms with Gasteiger partial charge in [-0.25, -0.2) is 4.99 Å². The van der Waals surface area contributed by atoms with Crippen molar-refractivity contribution < 1.29 is 9.34 Å². The van der Waals surface area contributed by atoms with Gasteiger partial charge in [-0.05, 0) is 30.3 Å². The summed E-state index contributed by atoms with van der Waals surface area (Å²) >= 11 is 0. The van der Waals surface area contributed by atoms with Crippen molar-refractivity contribution >= 4 is 28.8 Å². The van der Waals surface area contributed by atoms with Gasteiger partial charge in [0.15, 0.2) is 0 Å². The number of nitro benzene ring substituents is 1. The summed E-state index contributed by atoms with van der Waals surface area (Å²) in [6.45, 7) is 0.448. The van der Waals surface area contributed by atoms with Gasteiger partial charge in [0.25, 0.3) is 5.69 Å². The van der Waals surface area contributed by atoms with E-state index in [1.165, 1.54) is 12.1 Å². The number of non-ortho nitro benzene ring substituents is 1. The highest BCUT2D eigenvalue weighted by atomic mass is 16.6. The van der Waals surface area contributed by atoms with Gasteiger partial charge in [-0.2, -0.15) is 0 Å². The normalized spacial score (nSPS) is 14.9. The number of rotatable bonds is 3. The summed E-state index contributed by atoms with van der Waals surface area (Å²) in [6.07, 6.45) is 1.61. The van der Waals surface area contributed by atoms with Crippen LogP contribution in [0.4, 0.5) is 22.9 Å². The molecule has 7 nitrogen and oxygen atoms in total. The number of benzene rings is 2. The molecule has 25 heavy (non-hydrogen) atoms. The first-order valence-electron chi connectivity index (χ1n) is 7.70. The Morgan fingerprint density at radius 1 is 1.08 bits per heavy atom. The summed E-state index contributed by atoms with van der Waals surface area (Å²) in [7, 11) is 0. The summed E-state index contributed by atoms with van der Waals surface area (Å²) < 4.78 is 5.45. The summed E-state index contributed by atoms with van der Waals surface area (Å²) in [4.78, 5) is 17.2. The van der Waals surface area contributed by atoms with Crippen LogP contribution < -0.4 is 10.2 Å². The van der Waals surface area contributed by atoms with Crippen molar-refractivity contribution in [2.75, 3.05) is 16.9 Å². The molecule has 0 fully saturated rings. The van der Waals surface area contributed by atoms with Crippen LogP contribution in [0.15, 0.2) is 76.3 Å². The summed E-state index contributed by atoms with van der Waals surface area (Å²) in [5.74, 6) is 1.38. The highest BCUT2D eigenvalue weighted by molar-refractivity contribution is 6.15. The lowest BCUT2D eigenvalue weighted by molar-refractivity contribution is -0.384. The third-order valence-corrected chi connectivity index (χ3v) is 3.92. The fourth-order valence-electron chi connectivity index (χ4n) is 2.71. The van der Waals surface area contributed by atoms with Gasteiger partial charge in [-0.3, -0.25) is 10.1 Å². The van der Waals surface area contributed by atoms with E-state index in [-0.39, 0.29) is 5.69 Å². The molecule has 0 radical (unpaired) electrons. The van der Waals surface area contributed by atoms with Gasteiger partial charge >= 0.3 is 0 Å². The number of para-hydroxylation sites is 1. The van der Waals surface area contributed by atoms with Crippen LogP contribution >= 0.6 is 0 Å². The maximum atomic E-state index is 10.9. The van der Waals surface area contributed by atoms with Gasteiger partial charge in [0.05, 0.1) is 29.1 Å². The van der Waals surface area contributed by atoms with E-state index in [9.17, 15) is 10.1 Å². The monoisotopic (exact) mass is 334 g/mol. The predicted octanol–water partition coefficient (Wildman–Crippen LogP) is 4.16. The molecule has 1 N–H and O–H groups in total. The second kappa shape index (κ2) is 6.12. The van der Waals surface area contributed by atoms with Crippen molar-refractivity contribution in [1.29, 1.82) is 0 Å². The largest absolute Gasteiger partial charge is 0.448 e. The van der Waals surface area contributed by atoms with E-state index in [1.54, 1.807) is 18.4 Å².